The lowest BCUT2D eigenvalue weighted by atomic mass is 9.79. The zero-order valence-electron chi connectivity index (χ0n) is 21.2. The number of nitrogens with two attached hydrogens (primary N) is 1. The number of carbonyl (C=O) groups is 1. The first kappa shape index (κ1) is 28.2. The number of aliphatic hydroxyl groups excluding tert-OH is 1. The maximum Gasteiger partial charge on any atom is 0.249 e. The highest BCUT2D eigenvalue weighted by atomic mass is 35.5. The van der Waals surface area contributed by atoms with Gasteiger partial charge in [0.05, 0.1) is 17.2 Å². The van der Waals surface area contributed by atoms with Gasteiger partial charge in [0.2, 0.25) is 12.3 Å². The van der Waals surface area contributed by atoms with Gasteiger partial charge in [0.25, 0.3) is 0 Å². The largest absolute Gasteiger partial charge is 0.488 e. The summed E-state index contributed by atoms with van der Waals surface area (Å²) in [6.45, 7) is -0.418. The van der Waals surface area contributed by atoms with Crippen molar-refractivity contribution in [2.75, 3.05) is 19.8 Å². The Morgan fingerprint density at radius 3 is 2.55 bits per heavy atom. The van der Waals surface area contributed by atoms with Crippen molar-refractivity contribution < 1.29 is 36.9 Å². The molecule has 212 valence electrons. The Morgan fingerprint density at radius 2 is 1.90 bits per heavy atom. The summed E-state index contributed by atoms with van der Waals surface area (Å²) in [6, 6.07) is 12.5. The van der Waals surface area contributed by atoms with Crippen LogP contribution in [0.25, 0.3) is 11.1 Å². The summed E-state index contributed by atoms with van der Waals surface area (Å²) in [6.07, 6.45) is -1.66. The summed E-state index contributed by atoms with van der Waals surface area (Å²) in [5.41, 5.74) is 4.83. The minimum absolute atomic E-state index is 0.0955. The highest BCUT2D eigenvalue weighted by Gasteiger charge is 2.45. The molecule has 3 aromatic carbocycles. The molecule has 0 bridgehead atoms. The number of hydrogen-bond donors (Lipinski definition) is 3. The average Bonchev–Trinajstić information content (AvgIpc) is 3.27. The smallest absolute Gasteiger partial charge is 0.249 e. The molecule has 6 nitrogen and oxygen atoms in total. The number of hydrogen-bond acceptors (Lipinski definition) is 5. The van der Waals surface area contributed by atoms with Crippen LogP contribution in [-0.2, 0) is 12.0 Å². The predicted octanol–water partition coefficient (Wildman–Crippen LogP) is 5.22. The topological polar surface area (TPSA) is 93.8 Å². The van der Waals surface area contributed by atoms with E-state index < -0.39 is 40.5 Å². The fourth-order valence-electron chi connectivity index (χ4n) is 5.42. The van der Waals surface area contributed by atoms with Crippen LogP contribution in [0.1, 0.15) is 34.3 Å². The molecule has 0 radical (unpaired) electrons. The van der Waals surface area contributed by atoms with Gasteiger partial charge in [-0.05, 0) is 30.5 Å². The first-order valence-electron chi connectivity index (χ1n) is 12.8. The monoisotopic (exact) mass is 578 g/mol. The molecule has 0 saturated heterocycles. The third kappa shape index (κ3) is 5.11. The maximum absolute atomic E-state index is 15.9. The normalized spacial score (nSPS) is 21.6. The molecule has 2 aliphatic rings. The first-order valence-corrected chi connectivity index (χ1v) is 13.2. The fraction of sp³-hybridized carbons (Fsp3) is 0.345. The molecule has 0 aromatic heterocycles. The Labute approximate surface area is 233 Å². The van der Waals surface area contributed by atoms with Crippen LogP contribution in [0.3, 0.4) is 0 Å². The van der Waals surface area contributed by atoms with Crippen molar-refractivity contribution in [3.63, 3.8) is 0 Å². The molecular weight excluding hydrogens is 552 g/mol. The lowest BCUT2D eigenvalue weighted by Gasteiger charge is -2.38. The number of primary amides is 1. The Kier molecular flexibility index (Phi) is 7.94. The van der Waals surface area contributed by atoms with Crippen LogP contribution >= 0.6 is 11.6 Å². The second kappa shape index (κ2) is 11.3. The maximum atomic E-state index is 15.9. The van der Waals surface area contributed by atoms with Gasteiger partial charge < -0.3 is 25.6 Å². The van der Waals surface area contributed by atoms with Crippen molar-refractivity contribution >= 4 is 17.5 Å². The molecule has 1 saturated carbocycles. The molecule has 1 heterocycles. The summed E-state index contributed by atoms with van der Waals surface area (Å²) < 4.78 is 68.9. The van der Waals surface area contributed by atoms with Crippen LogP contribution in [-0.4, -0.2) is 43.2 Å². The summed E-state index contributed by atoms with van der Waals surface area (Å²) in [5.74, 6) is -3.72. The van der Waals surface area contributed by atoms with Crippen LogP contribution in [0.5, 0.6) is 11.5 Å². The van der Waals surface area contributed by atoms with Gasteiger partial charge in [0, 0.05) is 47.7 Å². The van der Waals surface area contributed by atoms with Crippen LogP contribution in [0.2, 0.25) is 5.02 Å². The number of benzene rings is 3. The Hall–Kier alpha value is -3.34. The standard InChI is InChI=1S/C29H27ClF4N2O4/c30-25-20(31)12-22-19(23(25)24-18(28(35)38)6-7-21(26(24)32)39-9-8-37)13-29(40-22,16-4-2-1-3-5-16)14-36-17-10-15(11-17)27(33)34/h1-7,12,15,17,27,36-37H,8-11,13-14H2,(H2,35,38)/t15?,17?,29-/m1/s1. The van der Waals surface area contributed by atoms with E-state index in [4.69, 9.17) is 31.9 Å². The van der Waals surface area contributed by atoms with Gasteiger partial charge in [-0.2, -0.15) is 0 Å². The van der Waals surface area contributed by atoms with E-state index in [0.717, 1.165) is 11.6 Å². The van der Waals surface area contributed by atoms with E-state index >= 15 is 8.78 Å². The molecule has 11 heteroatoms. The first-order chi connectivity index (χ1) is 19.1. The van der Waals surface area contributed by atoms with Gasteiger partial charge >= 0.3 is 0 Å². The number of fused-ring (bicyclic) bond motifs is 1. The minimum atomic E-state index is -2.38. The molecule has 3 aromatic rings. The molecule has 0 unspecified atom stereocenters. The van der Waals surface area contributed by atoms with E-state index in [0.29, 0.717) is 18.4 Å². The number of rotatable bonds is 10. The molecule has 5 rings (SSSR count). The number of aliphatic hydroxyl groups is 1. The lowest BCUT2D eigenvalue weighted by molar-refractivity contribution is 0.00798. The molecular formula is C29H27ClF4N2O4. The number of ether oxygens (including phenoxy) is 2. The van der Waals surface area contributed by atoms with E-state index in [1.54, 1.807) is 12.1 Å². The van der Waals surface area contributed by atoms with Gasteiger partial charge in [-0.1, -0.05) is 41.9 Å². The highest BCUT2D eigenvalue weighted by Crippen LogP contribution is 2.50. The molecule has 1 aliphatic carbocycles. The van der Waals surface area contributed by atoms with Crippen molar-refractivity contribution in [2.45, 2.75) is 37.3 Å². The molecule has 40 heavy (non-hydrogen) atoms. The van der Waals surface area contributed by atoms with Gasteiger partial charge in [0.15, 0.2) is 17.2 Å². The van der Waals surface area contributed by atoms with E-state index in [1.807, 2.05) is 18.2 Å². The molecule has 1 amide bonds. The third-order valence-electron chi connectivity index (χ3n) is 7.53. The van der Waals surface area contributed by atoms with Crippen LogP contribution in [0.15, 0.2) is 48.5 Å². The minimum Gasteiger partial charge on any atom is -0.488 e. The van der Waals surface area contributed by atoms with Gasteiger partial charge in [-0.25, -0.2) is 17.6 Å². The predicted molar refractivity (Wildman–Crippen MR) is 141 cm³/mol. The molecule has 1 aliphatic heterocycles. The summed E-state index contributed by atoms with van der Waals surface area (Å²) in [7, 11) is 0. The fourth-order valence-corrected chi connectivity index (χ4v) is 5.68. The molecule has 1 atom stereocenters. The van der Waals surface area contributed by atoms with E-state index in [-0.39, 0.29) is 60.4 Å². The second-order valence-electron chi connectivity index (χ2n) is 10.0. The molecule has 1 fully saturated rings. The Bertz CT molecular complexity index is 1420. The zero-order valence-corrected chi connectivity index (χ0v) is 22.0. The highest BCUT2D eigenvalue weighted by molar-refractivity contribution is 6.34. The van der Waals surface area contributed by atoms with Crippen molar-refractivity contribution in [2.24, 2.45) is 11.7 Å². The van der Waals surface area contributed by atoms with Gasteiger partial charge in [0.1, 0.15) is 18.2 Å². The van der Waals surface area contributed by atoms with Gasteiger partial charge in [-0.15, -0.1) is 0 Å². The molecule has 0 spiro atoms. The quantitative estimate of drug-likeness (QED) is 0.287. The number of amides is 1. The van der Waals surface area contributed by atoms with Crippen molar-refractivity contribution in [3.8, 4) is 22.6 Å². The zero-order chi connectivity index (χ0) is 28.6. The van der Waals surface area contributed by atoms with E-state index in [2.05, 4.69) is 5.32 Å². The van der Waals surface area contributed by atoms with Crippen LogP contribution in [0.4, 0.5) is 17.6 Å². The number of carbonyl (C=O) groups excluding carboxylic acids is 1. The number of nitrogens with one attached hydrogen (secondary N) is 1. The van der Waals surface area contributed by atoms with Crippen molar-refractivity contribution in [1.82, 2.24) is 5.32 Å². The van der Waals surface area contributed by atoms with E-state index in [9.17, 15) is 13.6 Å². The van der Waals surface area contributed by atoms with Gasteiger partial charge in [-0.3, -0.25) is 4.79 Å². The lowest BCUT2D eigenvalue weighted by Crippen LogP contribution is -2.50. The van der Waals surface area contributed by atoms with Crippen molar-refractivity contribution in [3.05, 3.63) is 81.9 Å². The third-order valence-corrected chi connectivity index (χ3v) is 7.90. The molecule has 4 N–H and O–H groups in total. The summed E-state index contributed by atoms with van der Waals surface area (Å²) in [5, 5.41) is 12.0. The SMILES string of the molecule is NC(=O)c1ccc(OCCO)c(F)c1-c1c(Cl)c(F)cc2c1C[C@@](CNC1CC(C(F)F)C1)(c1ccccc1)O2. The van der Waals surface area contributed by atoms with E-state index in [1.165, 1.54) is 12.1 Å². The van der Waals surface area contributed by atoms with Crippen molar-refractivity contribution in [1.29, 1.82) is 0 Å². The average molecular weight is 579 g/mol. The van der Waals surface area contributed by atoms with Crippen LogP contribution in [0, 0.1) is 17.6 Å². The summed E-state index contributed by atoms with van der Waals surface area (Å²) in [4.78, 5) is 12.4. The second-order valence-corrected chi connectivity index (χ2v) is 10.4. The number of alkyl halides is 2. The van der Waals surface area contributed by atoms with Crippen LogP contribution < -0.4 is 20.5 Å². The number of halogens is 5. The Balaban J connectivity index is 1.60. The Morgan fingerprint density at radius 1 is 1.18 bits per heavy atom. The summed E-state index contributed by atoms with van der Waals surface area (Å²) >= 11 is 6.44.